The first-order chi connectivity index (χ1) is 10.2. The number of nitrogens with zero attached hydrogens (tertiary/aromatic N) is 1. The molecule has 1 fully saturated rings. The molecule has 0 aromatic heterocycles. The highest BCUT2D eigenvalue weighted by molar-refractivity contribution is 5.21. The van der Waals surface area contributed by atoms with Gasteiger partial charge in [0.25, 0.3) is 0 Å². The third kappa shape index (κ3) is 3.25. The smallest absolute Gasteiger partial charge is 0.0240 e. The fourth-order valence-electron chi connectivity index (χ4n) is 3.04. The molecule has 1 aliphatic carbocycles. The Bertz CT molecular complexity index is 548. The molecule has 0 radical (unpaired) electrons. The zero-order valence-corrected chi connectivity index (χ0v) is 12.7. The summed E-state index contributed by atoms with van der Waals surface area (Å²) in [6.45, 7) is 8.34. The van der Waals surface area contributed by atoms with Gasteiger partial charge in [-0.05, 0) is 17.5 Å². The van der Waals surface area contributed by atoms with Gasteiger partial charge in [0.2, 0.25) is 0 Å². The van der Waals surface area contributed by atoms with Crippen LogP contribution in [0.5, 0.6) is 0 Å². The van der Waals surface area contributed by atoms with Crippen molar-refractivity contribution in [3.05, 3.63) is 84.4 Å². The van der Waals surface area contributed by atoms with E-state index in [0.717, 1.165) is 13.1 Å². The predicted molar refractivity (Wildman–Crippen MR) is 88.8 cm³/mol. The Hall–Kier alpha value is -1.86. The summed E-state index contributed by atoms with van der Waals surface area (Å²) < 4.78 is 0. The molecule has 1 heteroatoms. The third-order valence-corrected chi connectivity index (χ3v) is 4.60. The van der Waals surface area contributed by atoms with Crippen LogP contribution in [0.3, 0.4) is 0 Å². The average Bonchev–Trinajstić information content (AvgIpc) is 3.21. The van der Waals surface area contributed by atoms with Gasteiger partial charge in [0.1, 0.15) is 0 Å². The van der Waals surface area contributed by atoms with Crippen molar-refractivity contribution in [2.45, 2.75) is 32.5 Å². The molecule has 1 aliphatic rings. The second-order valence-electron chi connectivity index (χ2n) is 6.31. The van der Waals surface area contributed by atoms with E-state index in [0.29, 0.717) is 6.04 Å². The number of hydrogen-bond donors (Lipinski definition) is 0. The van der Waals surface area contributed by atoms with Crippen LogP contribution in [-0.4, -0.2) is 10.9 Å². The summed E-state index contributed by atoms with van der Waals surface area (Å²) in [5.74, 6) is 0. The first-order valence-electron chi connectivity index (χ1n) is 7.67. The largest absolute Gasteiger partial charge is 0.291 e. The fraction of sp³-hybridized carbons (Fsp3) is 0.300. The van der Waals surface area contributed by atoms with Crippen molar-refractivity contribution in [3.63, 3.8) is 0 Å². The van der Waals surface area contributed by atoms with Crippen LogP contribution in [-0.2, 0) is 13.1 Å². The van der Waals surface area contributed by atoms with Crippen molar-refractivity contribution >= 4 is 0 Å². The van der Waals surface area contributed by atoms with Gasteiger partial charge in [-0.1, -0.05) is 73.7 Å². The minimum atomic E-state index is 0.281. The van der Waals surface area contributed by atoms with Gasteiger partial charge in [-0.25, -0.2) is 0 Å². The van der Waals surface area contributed by atoms with Crippen molar-refractivity contribution in [2.24, 2.45) is 5.41 Å². The molecule has 2 atom stereocenters. The lowest BCUT2D eigenvalue weighted by Crippen LogP contribution is -2.28. The highest BCUT2D eigenvalue weighted by Gasteiger charge is 2.50. The van der Waals surface area contributed by atoms with Crippen molar-refractivity contribution in [1.82, 2.24) is 4.90 Å². The topological polar surface area (TPSA) is 3.24 Å². The Balaban J connectivity index is 1.77. The molecule has 3 rings (SSSR count). The van der Waals surface area contributed by atoms with Gasteiger partial charge >= 0.3 is 0 Å². The Morgan fingerprint density at radius 3 is 1.86 bits per heavy atom. The van der Waals surface area contributed by atoms with Gasteiger partial charge in [0.15, 0.2) is 0 Å². The SMILES string of the molecule is C=C[C@]1(C)C[C@H]1N(Cc1ccccc1)Cc1ccccc1. The molecule has 21 heavy (non-hydrogen) atoms. The monoisotopic (exact) mass is 277 g/mol. The molecule has 1 saturated carbocycles. The molecular weight excluding hydrogens is 254 g/mol. The molecule has 0 unspecified atom stereocenters. The van der Waals surface area contributed by atoms with Crippen LogP contribution >= 0.6 is 0 Å². The lowest BCUT2D eigenvalue weighted by molar-refractivity contribution is 0.224. The molecule has 0 N–H and O–H groups in total. The first-order valence-corrected chi connectivity index (χ1v) is 7.67. The second kappa shape index (κ2) is 5.87. The van der Waals surface area contributed by atoms with Crippen LogP contribution in [0.15, 0.2) is 73.3 Å². The van der Waals surface area contributed by atoms with E-state index >= 15 is 0 Å². The minimum absolute atomic E-state index is 0.281. The third-order valence-electron chi connectivity index (χ3n) is 4.60. The maximum atomic E-state index is 4.01. The van der Waals surface area contributed by atoms with Crippen LogP contribution in [0.4, 0.5) is 0 Å². The van der Waals surface area contributed by atoms with E-state index < -0.39 is 0 Å². The highest BCUT2D eigenvalue weighted by atomic mass is 15.2. The summed E-state index contributed by atoms with van der Waals surface area (Å²) in [5.41, 5.74) is 3.04. The Morgan fingerprint density at radius 2 is 1.48 bits per heavy atom. The van der Waals surface area contributed by atoms with Gasteiger partial charge < -0.3 is 0 Å². The standard InChI is InChI=1S/C20H23N/c1-3-20(2)14-19(20)21(15-17-10-6-4-7-11-17)16-18-12-8-5-9-13-18/h3-13,19H,1,14-16H2,2H3/t19-,20-/m1/s1. The van der Waals surface area contributed by atoms with Gasteiger partial charge in [-0.2, -0.15) is 0 Å². The number of benzene rings is 2. The van der Waals surface area contributed by atoms with Crippen molar-refractivity contribution in [2.75, 3.05) is 0 Å². The summed E-state index contributed by atoms with van der Waals surface area (Å²) in [6, 6.07) is 22.1. The van der Waals surface area contributed by atoms with Crippen LogP contribution in [0.2, 0.25) is 0 Å². The molecule has 2 aromatic carbocycles. The van der Waals surface area contributed by atoms with Crippen LogP contribution in [0, 0.1) is 5.41 Å². The molecule has 0 heterocycles. The van der Waals surface area contributed by atoms with Crippen molar-refractivity contribution in [3.8, 4) is 0 Å². The predicted octanol–water partition coefficient (Wildman–Crippen LogP) is 4.65. The Morgan fingerprint density at radius 1 is 1.00 bits per heavy atom. The summed E-state index contributed by atoms with van der Waals surface area (Å²) in [4.78, 5) is 2.59. The molecule has 0 spiro atoms. The van der Waals surface area contributed by atoms with E-state index in [9.17, 15) is 0 Å². The lowest BCUT2D eigenvalue weighted by atomic mass is 10.1. The van der Waals surface area contributed by atoms with E-state index in [4.69, 9.17) is 0 Å². The Labute approximate surface area is 127 Å². The summed E-state index contributed by atoms with van der Waals surface area (Å²) in [6.07, 6.45) is 3.34. The number of rotatable bonds is 6. The Kier molecular flexibility index (Phi) is 3.94. The van der Waals surface area contributed by atoms with E-state index in [1.165, 1.54) is 17.5 Å². The molecule has 0 aliphatic heterocycles. The highest BCUT2D eigenvalue weighted by Crippen LogP contribution is 2.50. The average molecular weight is 277 g/mol. The minimum Gasteiger partial charge on any atom is -0.291 e. The normalized spacial score (nSPS) is 24.0. The zero-order valence-electron chi connectivity index (χ0n) is 12.7. The summed E-state index contributed by atoms with van der Waals surface area (Å²) in [7, 11) is 0. The van der Waals surface area contributed by atoms with E-state index in [2.05, 4.69) is 85.1 Å². The van der Waals surface area contributed by atoms with Gasteiger partial charge in [-0.3, -0.25) is 4.90 Å². The maximum absolute atomic E-state index is 4.01. The fourth-order valence-corrected chi connectivity index (χ4v) is 3.04. The molecular formula is C20H23N. The first kappa shape index (κ1) is 14.1. The number of hydrogen-bond acceptors (Lipinski definition) is 1. The molecule has 2 aromatic rings. The molecule has 108 valence electrons. The van der Waals surface area contributed by atoms with Gasteiger partial charge in [0, 0.05) is 24.5 Å². The molecule has 0 bridgehead atoms. The lowest BCUT2D eigenvalue weighted by Gasteiger charge is -2.24. The van der Waals surface area contributed by atoms with Crippen molar-refractivity contribution in [1.29, 1.82) is 0 Å². The summed E-state index contributed by atoms with van der Waals surface area (Å²) in [5, 5.41) is 0. The van der Waals surface area contributed by atoms with E-state index in [-0.39, 0.29) is 5.41 Å². The molecule has 1 nitrogen and oxygen atoms in total. The van der Waals surface area contributed by atoms with Gasteiger partial charge in [0.05, 0.1) is 0 Å². The quantitative estimate of drug-likeness (QED) is 0.694. The summed E-state index contributed by atoms with van der Waals surface area (Å²) >= 11 is 0. The zero-order chi connectivity index (χ0) is 14.7. The van der Waals surface area contributed by atoms with E-state index in [1.807, 2.05) is 0 Å². The molecule has 0 saturated heterocycles. The van der Waals surface area contributed by atoms with Crippen LogP contribution in [0.25, 0.3) is 0 Å². The second-order valence-corrected chi connectivity index (χ2v) is 6.31. The van der Waals surface area contributed by atoms with Crippen LogP contribution < -0.4 is 0 Å². The maximum Gasteiger partial charge on any atom is 0.0240 e. The molecule has 0 amide bonds. The van der Waals surface area contributed by atoms with Crippen molar-refractivity contribution < 1.29 is 0 Å². The van der Waals surface area contributed by atoms with E-state index in [1.54, 1.807) is 0 Å². The van der Waals surface area contributed by atoms with Gasteiger partial charge in [-0.15, -0.1) is 6.58 Å². The van der Waals surface area contributed by atoms with Crippen LogP contribution in [0.1, 0.15) is 24.5 Å².